The first-order chi connectivity index (χ1) is 15.5. The number of hydrogen-bond donors (Lipinski definition) is 1. The highest BCUT2D eigenvalue weighted by molar-refractivity contribution is 5.82. The number of para-hydroxylation sites is 1. The molecule has 0 saturated carbocycles. The van der Waals surface area contributed by atoms with Crippen LogP contribution in [0, 0.1) is 18.3 Å². The fraction of sp³-hybridized carbons (Fsp3) is 0.333. The van der Waals surface area contributed by atoms with Gasteiger partial charge in [0.05, 0.1) is 17.8 Å². The molecule has 5 heteroatoms. The number of terminal acetylenes is 1. The molecule has 1 aliphatic rings. The van der Waals surface area contributed by atoms with Crippen molar-refractivity contribution in [1.29, 1.82) is 0 Å². The first-order valence-electron chi connectivity index (χ1n) is 11.1. The van der Waals surface area contributed by atoms with E-state index in [0.29, 0.717) is 32.1 Å². The van der Waals surface area contributed by atoms with Crippen LogP contribution in [0.1, 0.15) is 29.2 Å². The minimum Gasteiger partial charge on any atom is -0.465 e. The maximum absolute atomic E-state index is 11.8. The molecule has 1 aromatic heterocycles. The lowest BCUT2D eigenvalue weighted by Crippen LogP contribution is -2.42. The molecule has 0 aliphatic carbocycles. The average Bonchev–Trinajstić information content (AvgIpc) is 2.80. The third kappa shape index (κ3) is 4.92. The van der Waals surface area contributed by atoms with E-state index in [-0.39, 0.29) is 5.92 Å². The van der Waals surface area contributed by atoms with Gasteiger partial charge in [0.25, 0.3) is 0 Å². The topological polar surface area (TPSA) is 56.7 Å². The molecule has 0 spiro atoms. The van der Waals surface area contributed by atoms with Crippen LogP contribution in [-0.4, -0.2) is 52.7 Å². The van der Waals surface area contributed by atoms with Gasteiger partial charge in [-0.2, -0.15) is 0 Å². The normalized spacial score (nSPS) is 18.6. The van der Waals surface area contributed by atoms with Crippen molar-refractivity contribution in [3.05, 3.63) is 77.5 Å². The van der Waals surface area contributed by atoms with Gasteiger partial charge in [0.15, 0.2) is 0 Å². The van der Waals surface area contributed by atoms with Gasteiger partial charge < -0.3 is 10.0 Å². The van der Waals surface area contributed by atoms with Crippen molar-refractivity contribution in [2.75, 3.05) is 26.7 Å². The number of rotatable bonds is 6. The molecule has 1 saturated heterocycles. The van der Waals surface area contributed by atoms with Crippen LogP contribution >= 0.6 is 0 Å². The molecule has 2 unspecified atom stereocenters. The molecule has 0 bridgehead atoms. The minimum absolute atomic E-state index is 0.0925. The van der Waals surface area contributed by atoms with Crippen molar-refractivity contribution in [3.63, 3.8) is 0 Å². The van der Waals surface area contributed by atoms with E-state index < -0.39 is 6.09 Å². The molecule has 1 N–H and O–H groups in total. The molecule has 1 aliphatic heterocycles. The molecule has 32 heavy (non-hydrogen) atoms. The summed E-state index contributed by atoms with van der Waals surface area (Å²) in [7, 11) is 1.99. The fourth-order valence-corrected chi connectivity index (χ4v) is 4.77. The highest BCUT2D eigenvalue weighted by Gasteiger charge is 2.33. The van der Waals surface area contributed by atoms with Gasteiger partial charge in [-0.3, -0.25) is 9.88 Å². The fourth-order valence-electron chi connectivity index (χ4n) is 4.77. The standard InChI is InChI=1S/C27H29N3O2/c1-3-15-29(2)18-23-13-12-21-10-7-11-24(26(21)28-23)25-19-30(27(31)32)16-14-22(25)17-20-8-5-4-6-9-20/h1,4-13,22,25H,14-19H2,2H3,(H,31,32). The van der Waals surface area contributed by atoms with E-state index in [4.69, 9.17) is 11.4 Å². The number of benzene rings is 2. The zero-order valence-electron chi connectivity index (χ0n) is 18.4. The Labute approximate surface area is 189 Å². The summed E-state index contributed by atoms with van der Waals surface area (Å²) in [5.41, 5.74) is 4.36. The number of piperidine rings is 1. The van der Waals surface area contributed by atoms with Crippen LogP contribution in [0.15, 0.2) is 60.7 Å². The molecule has 0 radical (unpaired) electrons. The summed E-state index contributed by atoms with van der Waals surface area (Å²) in [6.07, 6.45) is 6.37. The van der Waals surface area contributed by atoms with Gasteiger partial charge >= 0.3 is 6.09 Å². The van der Waals surface area contributed by atoms with E-state index in [0.717, 1.165) is 35.0 Å². The molecule has 2 aromatic carbocycles. The van der Waals surface area contributed by atoms with E-state index >= 15 is 0 Å². The number of fused-ring (bicyclic) bond motifs is 1. The van der Waals surface area contributed by atoms with Crippen LogP contribution in [-0.2, 0) is 13.0 Å². The smallest absolute Gasteiger partial charge is 0.407 e. The van der Waals surface area contributed by atoms with Gasteiger partial charge in [0, 0.05) is 30.9 Å². The van der Waals surface area contributed by atoms with E-state index in [1.807, 2.05) is 19.2 Å². The van der Waals surface area contributed by atoms with Gasteiger partial charge in [-0.25, -0.2) is 4.79 Å². The number of likely N-dealkylation sites (tertiary alicyclic amines) is 1. The van der Waals surface area contributed by atoms with Crippen molar-refractivity contribution in [3.8, 4) is 12.3 Å². The molecule has 164 valence electrons. The number of carbonyl (C=O) groups is 1. The lowest BCUT2D eigenvalue weighted by molar-refractivity contribution is 0.115. The Balaban J connectivity index is 1.71. The molecular weight excluding hydrogens is 398 g/mol. The van der Waals surface area contributed by atoms with E-state index in [9.17, 15) is 9.90 Å². The second-order valence-electron chi connectivity index (χ2n) is 8.67. The summed E-state index contributed by atoms with van der Waals surface area (Å²) < 4.78 is 0. The van der Waals surface area contributed by atoms with Crippen LogP contribution in [0.25, 0.3) is 10.9 Å². The van der Waals surface area contributed by atoms with Crippen LogP contribution in [0.5, 0.6) is 0 Å². The Bertz CT molecular complexity index is 1120. The van der Waals surface area contributed by atoms with Crippen LogP contribution in [0.4, 0.5) is 4.79 Å². The van der Waals surface area contributed by atoms with Crippen molar-refractivity contribution >= 4 is 17.0 Å². The number of pyridine rings is 1. The van der Waals surface area contributed by atoms with E-state index in [2.05, 4.69) is 59.4 Å². The molecular formula is C27H29N3O2. The minimum atomic E-state index is -0.849. The van der Waals surface area contributed by atoms with Crippen LogP contribution in [0.3, 0.4) is 0 Å². The third-order valence-electron chi connectivity index (χ3n) is 6.37. The molecule has 5 nitrogen and oxygen atoms in total. The largest absolute Gasteiger partial charge is 0.465 e. The van der Waals surface area contributed by atoms with Gasteiger partial charge in [-0.15, -0.1) is 6.42 Å². The molecule has 1 fully saturated rings. The second kappa shape index (κ2) is 9.84. The van der Waals surface area contributed by atoms with Crippen molar-refractivity contribution < 1.29 is 9.90 Å². The first kappa shape index (κ1) is 21.9. The Morgan fingerprint density at radius 1 is 1.19 bits per heavy atom. The van der Waals surface area contributed by atoms with E-state index in [1.54, 1.807) is 4.90 Å². The highest BCUT2D eigenvalue weighted by Crippen LogP contribution is 2.37. The quantitative estimate of drug-likeness (QED) is 0.583. The first-order valence-corrected chi connectivity index (χ1v) is 11.1. The maximum Gasteiger partial charge on any atom is 0.407 e. The number of hydrogen-bond acceptors (Lipinski definition) is 3. The van der Waals surface area contributed by atoms with Crippen molar-refractivity contribution in [2.45, 2.75) is 25.3 Å². The number of carboxylic acid groups (broad SMARTS) is 1. The summed E-state index contributed by atoms with van der Waals surface area (Å²) in [4.78, 5) is 20.4. The molecule has 1 amide bonds. The lowest BCUT2D eigenvalue weighted by atomic mass is 9.77. The number of aromatic nitrogens is 1. The molecule has 2 heterocycles. The molecule has 4 rings (SSSR count). The van der Waals surface area contributed by atoms with E-state index in [1.165, 1.54) is 5.56 Å². The summed E-state index contributed by atoms with van der Waals surface area (Å²) in [6.45, 7) is 2.31. The monoisotopic (exact) mass is 427 g/mol. The Hall–Kier alpha value is -3.36. The Morgan fingerprint density at radius 2 is 2.00 bits per heavy atom. The van der Waals surface area contributed by atoms with Gasteiger partial charge in [0.2, 0.25) is 0 Å². The highest BCUT2D eigenvalue weighted by atomic mass is 16.4. The third-order valence-corrected chi connectivity index (χ3v) is 6.37. The van der Waals surface area contributed by atoms with Crippen molar-refractivity contribution in [2.24, 2.45) is 5.92 Å². The second-order valence-corrected chi connectivity index (χ2v) is 8.67. The summed E-state index contributed by atoms with van der Waals surface area (Å²) >= 11 is 0. The van der Waals surface area contributed by atoms with Crippen molar-refractivity contribution in [1.82, 2.24) is 14.8 Å². The summed E-state index contributed by atoms with van der Waals surface area (Å²) in [5, 5.41) is 10.8. The lowest BCUT2D eigenvalue weighted by Gasteiger charge is -2.38. The predicted molar refractivity (Wildman–Crippen MR) is 128 cm³/mol. The van der Waals surface area contributed by atoms with Crippen LogP contribution < -0.4 is 0 Å². The van der Waals surface area contributed by atoms with Gasteiger partial charge in [-0.05, 0) is 43.0 Å². The predicted octanol–water partition coefficient (Wildman–Crippen LogP) is 4.63. The molecule has 3 aromatic rings. The zero-order chi connectivity index (χ0) is 22.5. The Kier molecular flexibility index (Phi) is 6.72. The van der Waals surface area contributed by atoms with Crippen LogP contribution in [0.2, 0.25) is 0 Å². The Morgan fingerprint density at radius 3 is 2.75 bits per heavy atom. The summed E-state index contributed by atoms with van der Waals surface area (Å²) in [6, 6.07) is 20.9. The maximum atomic E-state index is 11.8. The number of nitrogens with zero attached hydrogens (tertiary/aromatic N) is 3. The van der Waals surface area contributed by atoms with Gasteiger partial charge in [0.1, 0.15) is 0 Å². The summed E-state index contributed by atoms with van der Waals surface area (Å²) in [5.74, 6) is 3.12. The van der Waals surface area contributed by atoms with Gasteiger partial charge in [-0.1, -0.05) is 60.5 Å². The zero-order valence-corrected chi connectivity index (χ0v) is 18.4. The number of amides is 1. The average molecular weight is 428 g/mol. The SMILES string of the molecule is C#CCN(C)Cc1ccc2cccc(C3CN(C(=O)O)CCC3Cc3ccccc3)c2n1. The molecule has 2 atom stereocenters.